The van der Waals surface area contributed by atoms with E-state index in [0.29, 0.717) is 12.7 Å². The summed E-state index contributed by atoms with van der Waals surface area (Å²) < 4.78 is 12.1. The molecular weight excluding hydrogens is 334 g/mol. The average Bonchev–Trinajstić information content (AvgIpc) is 3.22. The maximum Gasteiger partial charge on any atom is 0.0898 e. The summed E-state index contributed by atoms with van der Waals surface area (Å²) in [5, 5.41) is 3.19. The normalized spacial score (nSPS) is 26.7. The first-order chi connectivity index (χ1) is 12.2. The highest BCUT2D eigenvalue weighted by Crippen LogP contribution is 2.41. The lowest BCUT2D eigenvalue weighted by molar-refractivity contribution is -0.0689. The van der Waals surface area contributed by atoms with Crippen molar-refractivity contribution in [1.29, 1.82) is 0 Å². The van der Waals surface area contributed by atoms with Crippen LogP contribution < -0.4 is 0 Å². The number of pyridine rings is 1. The molecule has 0 bridgehead atoms. The van der Waals surface area contributed by atoms with Gasteiger partial charge >= 0.3 is 0 Å². The number of rotatable bonds is 6. The van der Waals surface area contributed by atoms with Crippen molar-refractivity contribution in [2.24, 2.45) is 5.41 Å². The SMILES string of the molecule is Cc1nc(COC[C@@]23CCO[C@@H]2CCN(Cc2ccncc2)C3)cs1. The van der Waals surface area contributed by atoms with Gasteiger partial charge in [-0.05, 0) is 37.5 Å². The Balaban J connectivity index is 1.38. The van der Waals surface area contributed by atoms with Crippen molar-refractivity contribution in [3.05, 3.63) is 46.2 Å². The second-order valence-corrected chi connectivity index (χ2v) is 8.24. The van der Waals surface area contributed by atoms with E-state index in [1.54, 1.807) is 11.3 Å². The minimum Gasteiger partial charge on any atom is -0.377 e. The number of likely N-dealkylation sites (tertiary alicyclic amines) is 1. The van der Waals surface area contributed by atoms with Crippen molar-refractivity contribution in [2.75, 3.05) is 26.3 Å². The Kier molecular flexibility index (Phi) is 5.12. The predicted octanol–water partition coefficient (Wildman–Crippen LogP) is 3.04. The molecule has 5 nitrogen and oxygen atoms in total. The van der Waals surface area contributed by atoms with Crippen molar-refractivity contribution >= 4 is 11.3 Å². The number of hydrogen-bond donors (Lipinski definition) is 0. The predicted molar refractivity (Wildman–Crippen MR) is 97.4 cm³/mol. The molecule has 4 rings (SSSR count). The molecule has 0 aromatic carbocycles. The third-order valence-electron chi connectivity index (χ3n) is 5.31. The highest BCUT2D eigenvalue weighted by atomic mass is 32.1. The van der Waals surface area contributed by atoms with Gasteiger partial charge in [0.05, 0.1) is 30.0 Å². The number of aryl methyl sites for hydroxylation is 1. The summed E-state index contributed by atoms with van der Waals surface area (Å²) in [5.41, 5.74) is 2.48. The first kappa shape index (κ1) is 17.1. The average molecular weight is 359 g/mol. The molecule has 0 spiro atoms. The molecule has 0 unspecified atom stereocenters. The van der Waals surface area contributed by atoms with E-state index in [4.69, 9.17) is 9.47 Å². The molecule has 0 amide bonds. The summed E-state index contributed by atoms with van der Waals surface area (Å²) in [5.74, 6) is 0. The van der Waals surface area contributed by atoms with Crippen LogP contribution in [0.15, 0.2) is 29.9 Å². The van der Waals surface area contributed by atoms with Crippen LogP contribution in [0.1, 0.15) is 29.1 Å². The van der Waals surface area contributed by atoms with Gasteiger partial charge in [0, 0.05) is 49.4 Å². The van der Waals surface area contributed by atoms with Crippen molar-refractivity contribution in [3.63, 3.8) is 0 Å². The first-order valence-electron chi connectivity index (χ1n) is 8.95. The molecule has 0 radical (unpaired) electrons. The molecule has 2 atom stereocenters. The quantitative estimate of drug-likeness (QED) is 0.793. The molecule has 2 saturated heterocycles. The topological polar surface area (TPSA) is 47.5 Å². The zero-order valence-corrected chi connectivity index (χ0v) is 15.5. The van der Waals surface area contributed by atoms with Crippen molar-refractivity contribution < 1.29 is 9.47 Å². The van der Waals surface area contributed by atoms with Crippen LogP contribution in [0.25, 0.3) is 0 Å². The third-order valence-corrected chi connectivity index (χ3v) is 6.13. The van der Waals surface area contributed by atoms with Crippen LogP contribution in [0, 0.1) is 12.3 Å². The van der Waals surface area contributed by atoms with Crippen LogP contribution >= 0.6 is 11.3 Å². The second kappa shape index (κ2) is 7.50. The fraction of sp³-hybridized carbons (Fsp3) is 0.579. The maximum absolute atomic E-state index is 6.10. The second-order valence-electron chi connectivity index (χ2n) is 7.18. The van der Waals surface area contributed by atoms with Gasteiger partial charge in [-0.3, -0.25) is 9.88 Å². The van der Waals surface area contributed by atoms with Crippen LogP contribution in [0.2, 0.25) is 0 Å². The Morgan fingerprint density at radius 2 is 2.28 bits per heavy atom. The lowest BCUT2D eigenvalue weighted by atomic mass is 9.77. The van der Waals surface area contributed by atoms with E-state index in [-0.39, 0.29) is 5.41 Å². The van der Waals surface area contributed by atoms with Crippen LogP contribution in [0.5, 0.6) is 0 Å². The number of piperidine rings is 1. The largest absolute Gasteiger partial charge is 0.377 e. The summed E-state index contributed by atoms with van der Waals surface area (Å²) in [4.78, 5) is 11.1. The van der Waals surface area contributed by atoms with E-state index in [1.165, 1.54) is 5.56 Å². The lowest BCUT2D eigenvalue weighted by Crippen LogP contribution is -2.51. The Labute approximate surface area is 153 Å². The molecule has 2 aromatic rings. The summed E-state index contributed by atoms with van der Waals surface area (Å²) in [6.45, 7) is 7.33. The molecule has 2 aliphatic rings. The number of hydrogen-bond acceptors (Lipinski definition) is 6. The fourth-order valence-electron chi connectivity index (χ4n) is 4.06. The van der Waals surface area contributed by atoms with E-state index >= 15 is 0 Å². The first-order valence-corrected chi connectivity index (χ1v) is 9.83. The number of fused-ring (bicyclic) bond motifs is 1. The van der Waals surface area contributed by atoms with E-state index in [0.717, 1.165) is 56.4 Å². The van der Waals surface area contributed by atoms with Crippen LogP contribution in [-0.2, 0) is 22.6 Å². The Morgan fingerprint density at radius 3 is 3.08 bits per heavy atom. The third kappa shape index (κ3) is 3.92. The van der Waals surface area contributed by atoms with Gasteiger partial charge < -0.3 is 9.47 Å². The molecule has 2 fully saturated rings. The maximum atomic E-state index is 6.10. The molecular formula is C19H25N3O2S. The minimum atomic E-state index is 0.121. The van der Waals surface area contributed by atoms with Crippen LogP contribution in [0.3, 0.4) is 0 Å². The molecule has 4 heterocycles. The highest BCUT2D eigenvalue weighted by Gasteiger charge is 2.48. The van der Waals surface area contributed by atoms with E-state index in [1.807, 2.05) is 19.3 Å². The molecule has 25 heavy (non-hydrogen) atoms. The summed E-state index contributed by atoms with van der Waals surface area (Å²) in [6, 6.07) is 4.20. The summed E-state index contributed by atoms with van der Waals surface area (Å²) >= 11 is 1.68. The molecule has 0 saturated carbocycles. The van der Waals surface area contributed by atoms with Gasteiger partial charge in [-0.1, -0.05) is 0 Å². The van der Waals surface area contributed by atoms with Gasteiger partial charge in [-0.15, -0.1) is 11.3 Å². The van der Waals surface area contributed by atoms with Gasteiger partial charge in [0.1, 0.15) is 0 Å². The van der Waals surface area contributed by atoms with Gasteiger partial charge in [-0.25, -0.2) is 4.98 Å². The van der Waals surface area contributed by atoms with Crippen LogP contribution in [-0.4, -0.2) is 47.3 Å². The van der Waals surface area contributed by atoms with E-state index < -0.39 is 0 Å². The van der Waals surface area contributed by atoms with Gasteiger partial charge in [0.15, 0.2) is 0 Å². The lowest BCUT2D eigenvalue weighted by Gasteiger charge is -2.43. The van der Waals surface area contributed by atoms with Gasteiger partial charge in [0.2, 0.25) is 0 Å². The standard InChI is InChI=1S/C19H25N3O2S/c1-15-21-17(12-25-15)11-23-14-19-5-9-24-18(19)4-8-22(13-19)10-16-2-6-20-7-3-16/h2-3,6-7,12,18H,4-5,8-11,13-14H2,1H3/t18-,19+/m1/s1. The number of ether oxygens (including phenoxy) is 2. The van der Waals surface area contributed by atoms with Gasteiger partial charge in [0.25, 0.3) is 0 Å². The van der Waals surface area contributed by atoms with Crippen LogP contribution in [0.4, 0.5) is 0 Å². The zero-order chi connectivity index (χ0) is 17.1. The Morgan fingerprint density at radius 1 is 1.40 bits per heavy atom. The molecule has 6 heteroatoms. The minimum absolute atomic E-state index is 0.121. The number of nitrogens with zero attached hydrogens (tertiary/aromatic N) is 3. The fourth-order valence-corrected chi connectivity index (χ4v) is 4.66. The van der Waals surface area contributed by atoms with Gasteiger partial charge in [-0.2, -0.15) is 0 Å². The molecule has 0 N–H and O–H groups in total. The molecule has 0 aliphatic carbocycles. The van der Waals surface area contributed by atoms with Crippen molar-refractivity contribution in [1.82, 2.24) is 14.9 Å². The summed E-state index contributed by atoms with van der Waals surface area (Å²) in [6.07, 6.45) is 6.24. The monoisotopic (exact) mass is 359 g/mol. The van der Waals surface area contributed by atoms with E-state index in [9.17, 15) is 0 Å². The Hall–Kier alpha value is -1.34. The number of aromatic nitrogens is 2. The zero-order valence-electron chi connectivity index (χ0n) is 14.7. The van der Waals surface area contributed by atoms with E-state index in [2.05, 4.69) is 32.4 Å². The summed E-state index contributed by atoms with van der Waals surface area (Å²) in [7, 11) is 0. The van der Waals surface area contributed by atoms with Crippen molar-refractivity contribution in [2.45, 2.75) is 39.0 Å². The number of thiazole rings is 1. The molecule has 2 aromatic heterocycles. The smallest absolute Gasteiger partial charge is 0.0898 e. The molecule has 134 valence electrons. The Bertz CT molecular complexity index is 693. The highest BCUT2D eigenvalue weighted by molar-refractivity contribution is 7.09. The van der Waals surface area contributed by atoms with Crippen molar-refractivity contribution in [3.8, 4) is 0 Å². The molecule has 2 aliphatic heterocycles.